The Balaban J connectivity index is 2.14. The third-order valence-electron chi connectivity index (χ3n) is 5.48. The minimum Gasteiger partial charge on any atom is -0.497 e. The Kier molecular flexibility index (Phi) is 5.85. The lowest BCUT2D eigenvalue weighted by molar-refractivity contribution is -0.301. The van der Waals surface area contributed by atoms with E-state index in [4.69, 9.17) is 9.47 Å². The molecule has 0 radical (unpaired) electrons. The lowest BCUT2D eigenvalue weighted by Gasteiger charge is -2.38. The van der Waals surface area contributed by atoms with Crippen molar-refractivity contribution < 1.29 is 35.8 Å². The molecule has 8 nitrogen and oxygen atoms in total. The molecule has 190 valence electrons. The first-order valence-corrected chi connectivity index (χ1v) is 10.0. The summed E-state index contributed by atoms with van der Waals surface area (Å²) in [6.45, 7) is 0. The molecule has 0 bridgehead atoms. The predicted molar refractivity (Wildman–Crippen MR) is 116 cm³/mol. The number of ether oxygens (including phenoxy) is 2. The zero-order chi connectivity index (χ0) is 26.5. The van der Waals surface area contributed by atoms with Gasteiger partial charge in [0.05, 0.1) is 19.9 Å². The summed E-state index contributed by atoms with van der Waals surface area (Å²) in [4.78, 5) is 29.9. The number of methoxy groups -OCH3 is 2. The molecular weight excluding hydrogens is 498 g/mol. The number of benzene rings is 2. The number of H-pyrrole nitrogens is 1. The number of anilines is 1. The number of rotatable bonds is 4. The van der Waals surface area contributed by atoms with Crippen LogP contribution in [0.3, 0.4) is 0 Å². The van der Waals surface area contributed by atoms with Crippen molar-refractivity contribution in [3.63, 3.8) is 0 Å². The van der Waals surface area contributed by atoms with Crippen molar-refractivity contribution in [1.29, 1.82) is 0 Å². The van der Waals surface area contributed by atoms with E-state index in [-0.39, 0.29) is 17.0 Å². The molecule has 1 aromatic heterocycles. The lowest BCUT2D eigenvalue weighted by Crippen LogP contribution is -2.59. The highest BCUT2D eigenvalue weighted by molar-refractivity contribution is 6.10. The van der Waals surface area contributed by atoms with Gasteiger partial charge in [0, 0.05) is 5.56 Å². The second-order valence-corrected chi connectivity index (χ2v) is 7.54. The molecule has 0 amide bonds. The third kappa shape index (κ3) is 3.78. The predicted octanol–water partition coefficient (Wildman–Crippen LogP) is 3.74. The van der Waals surface area contributed by atoms with Gasteiger partial charge in [-0.25, -0.2) is 14.4 Å². The number of hydrogen-bond acceptors (Lipinski definition) is 6. The average Bonchev–Trinajstić information content (AvgIpc) is 2.82. The van der Waals surface area contributed by atoms with Crippen LogP contribution in [0.1, 0.15) is 11.1 Å². The second kappa shape index (κ2) is 8.46. The smallest absolute Gasteiger partial charge is 0.427 e. The maximum absolute atomic E-state index is 14.4. The highest BCUT2D eigenvalue weighted by atomic mass is 19.4. The van der Waals surface area contributed by atoms with Gasteiger partial charge in [0.1, 0.15) is 28.7 Å². The van der Waals surface area contributed by atoms with Crippen LogP contribution in [0.4, 0.5) is 32.2 Å². The van der Waals surface area contributed by atoms with E-state index in [0.29, 0.717) is 10.3 Å². The maximum Gasteiger partial charge on any atom is 0.427 e. The minimum absolute atomic E-state index is 0.117. The molecule has 0 spiro atoms. The molecule has 0 saturated heterocycles. The van der Waals surface area contributed by atoms with Crippen LogP contribution in [0.2, 0.25) is 0 Å². The SMILES string of the molecule is COc1ccc(-n2c3c(c(=O)[nH]c2=O)C(C(F)(F)F)(C(F)(F)F)N=C(c2cccc(OC)c2)N3)cc1. The van der Waals surface area contributed by atoms with E-state index in [1.807, 2.05) is 0 Å². The van der Waals surface area contributed by atoms with E-state index >= 15 is 0 Å². The van der Waals surface area contributed by atoms with E-state index in [2.05, 4.69) is 10.3 Å². The fourth-order valence-electron chi connectivity index (χ4n) is 3.81. The Labute approximate surface area is 197 Å². The summed E-state index contributed by atoms with van der Waals surface area (Å²) in [5, 5.41) is 2.35. The van der Waals surface area contributed by atoms with Crippen LogP contribution in [0.15, 0.2) is 63.1 Å². The number of aromatic amines is 1. The highest BCUT2D eigenvalue weighted by Crippen LogP contribution is 2.55. The number of halogens is 6. The summed E-state index contributed by atoms with van der Waals surface area (Å²) in [7, 11) is 2.59. The summed E-state index contributed by atoms with van der Waals surface area (Å²) >= 11 is 0. The number of hydrogen-bond donors (Lipinski definition) is 2. The maximum atomic E-state index is 14.4. The van der Waals surface area contributed by atoms with E-state index in [1.54, 1.807) is 4.98 Å². The number of aliphatic imine (C=N–C) groups is 1. The first-order chi connectivity index (χ1) is 16.8. The summed E-state index contributed by atoms with van der Waals surface area (Å²) in [6.07, 6.45) is -12.2. The second-order valence-electron chi connectivity index (χ2n) is 7.54. The average molecular weight is 514 g/mol. The number of nitrogens with zero attached hydrogens (tertiary/aromatic N) is 2. The van der Waals surface area contributed by atoms with E-state index < -0.39 is 46.4 Å². The van der Waals surface area contributed by atoms with Gasteiger partial charge in [0.15, 0.2) is 0 Å². The third-order valence-corrected chi connectivity index (χ3v) is 5.48. The molecule has 1 aliphatic rings. The van der Waals surface area contributed by atoms with Gasteiger partial charge < -0.3 is 14.8 Å². The van der Waals surface area contributed by atoms with Crippen LogP contribution < -0.4 is 26.0 Å². The van der Waals surface area contributed by atoms with Gasteiger partial charge >= 0.3 is 18.0 Å². The molecule has 0 fully saturated rings. The number of aromatic nitrogens is 2. The van der Waals surface area contributed by atoms with Gasteiger partial charge in [-0.1, -0.05) is 12.1 Å². The molecule has 0 atom stereocenters. The van der Waals surface area contributed by atoms with E-state index in [9.17, 15) is 35.9 Å². The van der Waals surface area contributed by atoms with Gasteiger partial charge in [-0.3, -0.25) is 9.78 Å². The number of amidine groups is 1. The van der Waals surface area contributed by atoms with Crippen LogP contribution >= 0.6 is 0 Å². The molecule has 0 aliphatic carbocycles. The normalized spacial score (nSPS) is 14.9. The molecule has 36 heavy (non-hydrogen) atoms. The Morgan fingerprint density at radius 2 is 1.50 bits per heavy atom. The van der Waals surface area contributed by atoms with Gasteiger partial charge in [0.25, 0.3) is 11.1 Å². The van der Waals surface area contributed by atoms with Crippen molar-refractivity contribution in [1.82, 2.24) is 9.55 Å². The molecule has 14 heteroatoms. The Hall–Kier alpha value is -4.23. The van der Waals surface area contributed by atoms with E-state index in [0.717, 1.165) is 6.07 Å². The molecule has 4 rings (SSSR count). The monoisotopic (exact) mass is 514 g/mol. The molecule has 2 heterocycles. The number of alkyl halides is 6. The quantitative estimate of drug-likeness (QED) is 0.518. The Morgan fingerprint density at radius 1 is 0.889 bits per heavy atom. The highest BCUT2D eigenvalue weighted by Gasteiger charge is 2.75. The summed E-state index contributed by atoms with van der Waals surface area (Å²) in [6, 6.07) is 10.2. The van der Waals surface area contributed by atoms with Crippen LogP contribution in [0.5, 0.6) is 11.5 Å². The zero-order valence-corrected chi connectivity index (χ0v) is 18.4. The van der Waals surface area contributed by atoms with Crippen LogP contribution in [0, 0.1) is 0 Å². The van der Waals surface area contributed by atoms with Gasteiger partial charge in [-0.15, -0.1) is 0 Å². The van der Waals surface area contributed by atoms with Crippen molar-refractivity contribution in [3.8, 4) is 17.2 Å². The molecule has 2 aromatic carbocycles. The largest absolute Gasteiger partial charge is 0.497 e. The fraction of sp³-hybridized carbons (Fsp3) is 0.227. The number of nitrogens with one attached hydrogen (secondary N) is 2. The zero-order valence-electron chi connectivity index (χ0n) is 18.4. The van der Waals surface area contributed by atoms with Crippen molar-refractivity contribution in [2.75, 3.05) is 19.5 Å². The fourth-order valence-corrected chi connectivity index (χ4v) is 3.81. The topological polar surface area (TPSA) is 97.7 Å². The Morgan fingerprint density at radius 3 is 2.06 bits per heavy atom. The van der Waals surface area contributed by atoms with Gasteiger partial charge in [-0.2, -0.15) is 26.3 Å². The first kappa shape index (κ1) is 24.9. The first-order valence-electron chi connectivity index (χ1n) is 10.0. The van der Waals surface area contributed by atoms with Crippen LogP contribution in [0.25, 0.3) is 5.69 Å². The summed E-state index contributed by atoms with van der Waals surface area (Å²) in [5.41, 5.74) is -10.4. The Bertz CT molecular complexity index is 1440. The van der Waals surface area contributed by atoms with Gasteiger partial charge in [0.2, 0.25) is 0 Å². The molecule has 3 aromatic rings. The lowest BCUT2D eigenvalue weighted by atomic mass is 9.87. The minimum atomic E-state index is -6.12. The summed E-state index contributed by atoms with van der Waals surface area (Å²) in [5.74, 6) is -1.51. The molecule has 0 saturated carbocycles. The van der Waals surface area contributed by atoms with Gasteiger partial charge in [-0.05, 0) is 36.4 Å². The van der Waals surface area contributed by atoms with Crippen LogP contribution in [-0.2, 0) is 5.54 Å². The molecule has 2 N–H and O–H groups in total. The van der Waals surface area contributed by atoms with Crippen molar-refractivity contribution in [2.45, 2.75) is 17.9 Å². The molecule has 1 aliphatic heterocycles. The summed E-state index contributed by atoms with van der Waals surface area (Å²) < 4.78 is 96.8. The van der Waals surface area contributed by atoms with Crippen molar-refractivity contribution >= 4 is 11.7 Å². The molecular formula is C22H16F6N4O4. The standard InChI is InChI=1S/C22H16F6N4O4/c1-35-13-8-6-12(7-9-13)32-17-15(18(33)30-19(32)34)20(21(23,24)25,22(26,27)28)31-16(29-17)11-4-3-5-14(10-11)36-2/h3-10H,1-2H3,(H,29,31)(H,30,33,34). The van der Waals surface area contributed by atoms with Crippen molar-refractivity contribution in [3.05, 3.63) is 80.5 Å². The van der Waals surface area contributed by atoms with E-state index in [1.165, 1.54) is 56.7 Å². The van der Waals surface area contributed by atoms with Crippen LogP contribution in [-0.4, -0.2) is 42.0 Å². The number of fused-ring (bicyclic) bond motifs is 1. The molecule has 0 unspecified atom stereocenters. The van der Waals surface area contributed by atoms with Crippen molar-refractivity contribution in [2.24, 2.45) is 4.99 Å².